The third kappa shape index (κ3) is 5.80. The van der Waals surface area contributed by atoms with Gasteiger partial charge < -0.3 is 20.1 Å². The molecule has 0 fully saturated rings. The molecule has 4 amide bonds. The molecule has 0 saturated heterocycles. The van der Waals surface area contributed by atoms with Gasteiger partial charge in [0.15, 0.2) is 0 Å². The number of rotatable bonds is 6. The van der Waals surface area contributed by atoms with Crippen molar-refractivity contribution in [2.45, 2.75) is 33.2 Å². The van der Waals surface area contributed by atoms with E-state index in [4.69, 9.17) is 9.47 Å². The van der Waals surface area contributed by atoms with Gasteiger partial charge >= 0.3 is 6.16 Å². The number of amides is 4. The van der Waals surface area contributed by atoms with Gasteiger partial charge in [0.2, 0.25) is 0 Å². The quantitative estimate of drug-likeness (QED) is 0.257. The molecule has 200 valence electrons. The Kier molecular flexibility index (Phi) is 7.48. The van der Waals surface area contributed by atoms with Crippen LogP contribution < -0.4 is 15.4 Å². The minimum Gasteiger partial charge on any atom is -0.434 e. The normalized spacial score (nSPS) is 12.6. The van der Waals surface area contributed by atoms with Crippen LogP contribution in [0.5, 0.6) is 5.75 Å². The first kappa shape index (κ1) is 27.1. The van der Waals surface area contributed by atoms with Gasteiger partial charge in [-0.2, -0.15) is 0 Å². The number of hydrogen-bond donors (Lipinski definition) is 2. The second-order valence-electron chi connectivity index (χ2n) is 9.64. The highest BCUT2D eigenvalue weighted by molar-refractivity contribution is 6.23. The molecule has 4 rings (SSSR count). The Hall–Kier alpha value is -4.99. The van der Waals surface area contributed by atoms with Gasteiger partial charge in [0.1, 0.15) is 5.75 Å². The Morgan fingerprint density at radius 3 is 1.87 bits per heavy atom. The molecule has 0 aliphatic carbocycles. The largest absolute Gasteiger partial charge is 0.513 e. The Labute approximate surface area is 224 Å². The SMILES string of the molecule is CCOC(=O)Oc1ccc(C(=O)Nc2ccccc2NC(=O)c2ccc3c(c2)C(=O)N(C(C)(C)C)C3=O)cc1. The van der Waals surface area contributed by atoms with Crippen molar-refractivity contribution in [3.63, 3.8) is 0 Å². The highest BCUT2D eigenvalue weighted by atomic mass is 16.7. The van der Waals surface area contributed by atoms with Crippen LogP contribution in [0.3, 0.4) is 0 Å². The third-order valence-electron chi connectivity index (χ3n) is 5.82. The highest BCUT2D eigenvalue weighted by Crippen LogP contribution is 2.30. The number of imide groups is 1. The van der Waals surface area contributed by atoms with Crippen LogP contribution in [-0.4, -0.2) is 46.8 Å². The lowest BCUT2D eigenvalue weighted by molar-refractivity contribution is 0.0507. The third-order valence-corrected chi connectivity index (χ3v) is 5.82. The summed E-state index contributed by atoms with van der Waals surface area (Å²) in [4.78, 5) is 64.2. The first-order chi connectivity index (χ1) is 18.5. The average molecular weight is 530 g/mol. The van der Waals surface area contributed by atoms with Crippen LogP contribution in [0.4, 0.5) is 16.2 Å². The molecular formula is C29H27N3O7. The Balaban J connectivity index is 1.48. The number of carbonyl (C=O) groups is 5. The van der Waals surface area contributed by atoms with E-state index >= 15 is 0 Å². The number of carbonyl (C=O) groups excluding carboxylic acids is 5. The van der Waals surface area contributed by atoms with Crippen molar-refractivity contribution in [2.75, 3.05) is 17.2 Å². The van der Waals surface area contributed by atoms with Crippen molar-refractivity contribution in [3.8, 4) is 5.75 Å². The monoisotopic (exact) mass is 529 g/mol. The van der Waals surface area contributed by atoms with E-state index in [1.165, 1.54) is 47.4 Å². The van der Waals surface area contributed by atoms with Gasteiger partial charge in [0.05, 0.1) is 29.1 Å². The lowest BCUT2D eigenvalue weighted by Crippen LogP contribution is -2.45. The predicted octanol–water partition coefficient (Wildman–Crippen LogP) is 5.12. The Morgan fingerprint density at radius 2 is 1.31 bits per heavy atom. The zero-order valence-corrected chi connectivity index (χ0v) is 21.9. The minimum atomic E-state index is -0.842. The van der Waals surface area contributed by atoms with Crippen LogP contribution in [-0.2, 0) is 4.74 Å². The number of para-hydroxylation sites is 2. The van der Waals surface area contributed by atoms with Gasteiger partial charge in [0, 0.05) is 16.7 Å². The number of nitrogens with zero attached hydrogens (tertiary/aromatic N) is 1. The predicted molar refractivity (Wildman–Crippen MR) is 143 cm³/mol. The number of anilines is 2. The van der Waals surface area contributed by atoms with Gasteiger partial charge in [-0.3, -0.25) is 24.1 Å². The number of fused-ring (bicyclic) bond motifs is 1. The van der Waals surface area contributed by atoms with E-state index in [9.17, 15) is 24.0 Å². The van der Waals surface area contributed by atoms with E-state index in [1.54, 1.807) is 52.0 Å². The summed E-state index contributed by atoms with van der Waals surface area (Å²) in [6, 6.07) is 16.9. The van der Waals surface area contributed by atoms with E-state index in [0.29, 0.717) is 11.4 Å². The molecule has 2 N–H and O–H groups in total. The van der Waals surface area contributed by atoms with Crippen molar-refractivity contribution >= 4 is 41.2 Å². The number of hydrogen-bond acceptors (Lipinski definition) is 7. The van der Waals surface area contributed by atoms with Crippen LogP contribution in [0, 0.1) is 0 Å². The molecular weight excluding hydrogens is 502 g/mol. The maximum absolute atomic E-state index is 13.1. The van der Waals surface area contributed by atoms with Crippen LogP contribution >= 0.6 is 0 Å². The molecule has 3 aromatic rings. The number of nitrogens with one attached hydrogen (secondary N) is 2. The van der Waals surface area contributed by atoms with Gasteiger partial charge in [-0.05, 0) is 82.3 Å². The molecule has 39 heavy (non-hydrogen) atoms. The van der Waals surface area contributed by atoms with E-state index in [0.717, 1.165) is 0 Å². The zero-order valence-electron chi connectivity index (χ0n) is 21.9. The second kappa shape index (κ2) is 10.8. The molecule has 0 atom stereocenters. The maximum Gasteiger partial charge on any atom is 0.513 e. The van der Waals surface area contributed by atoms with Crippen molar-refractivity contribution in [2.24, 2.45) is 0 Å². The van der Waals surface area contributed by atoms with Crippen molar-refractivity contribution in [1.29, 1.82) is 0 Å². The fourth-order valence-corrected chi connectivity index (χ4v) is 4.00. The summed E-state index contributed by atoms with van der Waals surface area (Å²) in [6.07, 6.45) is -0.842. The summed E-state index contributed by atoms with van der Waals surface area (Å²) in [5.74, 6) is -1.61. The molecule has 0 unspecified atom stereocenters. The number of benzene rings is 3. The van der Waals surface area contributed by atoms with Crippen LogP contribution in [0.1, 0.15) is 69.1 Å². The summed E-state index contributed by atoms with van der Waals surface area (Å²) in [7, 11) is 0. The van der Waals surface area contributed by atoms with E-state index in [-0.39, 0.29) is 34.6 Å². The van der Waals surface area contributed by atoms with Crippen molar-refractivity contribution < 1.29 is 33.4 Å². The molecule has 0 spiro atoms. The topological polar surface area (TPSA) is 131 Å². The van der Waals surface area contributed by atoms with E-state index < -0.39 is 35.3 Å². The molecule has 1 heterocycles. The molecule has 0 radical (unpaired) electrons. The summed E-state index contributed by atoms with van der Waals surface area (Å²) >= 11 is 0. The first-order valence-corrected chi connectivity index (χ1v) is 12.2. The minimum absolute atomic E-state index is 0.166. The second-order valence-corrected chi connectivity index (χ2v) is 9.64. The smallest absolute Gasteiger partial charge is 0.434 e. The number of ether oxygens (including phenoxy) is 2. The highest BCUT2D eigenvalue weighted by Gasteiger charge is 2.42. The van der Waals surface area contributed by atoms with Crippen LogP contribution in [0.2, 0.25) is 0 Å². The molecule has 10 nitrogen and oxygen atoms in total. The average Bonchev–Trinajstić information content (AvgIpc) is 3.15. The molecule has 0 saturated carbocycles. The van der Waals surface area contributed by atoms with Gasteiger partial charge in [-0.25, -0.2) is 4.79 Å². The fraction of sp³-hybridized carbons (Fsp3) is 0.207. The summed E-state index contributed by atoms with van der Waals surface area (Å²) in [5.41, 5.74) is 0.853. The first-order valence-electron chi connectivity index (χ1n) is 12.2. The summed E-state index contributed by atoms with van der Waals surface area (Å²) in [5, 5.41) is 5.50. The van der Waals surface area contributed by atoms with E-state index in [1.807, 2.05) is 0 Å². The van der Waals surface area contributed by atoms with Gasteiger partial charge in [-0.1, -0.05) is 12.1 Å². The molecule has 0 bridgehead atoms. The molecule has 3 aromatic carbocycles. The van der Waals surface area contributed by atoms with Gasteiger partial charge in [-0.15, -0.1) is 0 Å². The van der Waals surface area contributed by atoms with Crippen molar-refractivity contribution in [1.82, 2.24) is 4.90 Å². The zero-order chi connectivity index (χ0) is 28.3. The summed E-state index contributed by atoms with van der Waals surface area (Å²) in [6.45, 7) is 7.12. The molecule has 1 aliphatic rings. The Morgan fingerprint density at radius 1 is 0.769 bits per heavy atom. The summed E-state index contributed by atoms with van der Waals surface area (Å²) < 4.78 is 9.71. The van der Waals surface area contributed by atoms with E-state index in [2.05, 4.69) is 10.6 Å². The van der Waals surface area contributed by atoms with Gasteiger partial charge in [0.25, 0.3) is 23.6 Å². The molecule has 10 heteroatoms. The van der Waals surface area contributed by atoms with Crippen LogP contribution in [0.25, 0.3) is 0 Å². The Bertz CT molecular complexity index is 1470. The fourth-order valence-electron chi connectivity index (χ4n) is 4.00. The lowest BCUT2D eigenvalue weighted by atomic mass is 10.1. The molecule has 0 aromatic heterocycles. The van der Waals surface area contributed by atoms with Crippen LogP contribution in [0.15, 0.2) is 66.7 Å². The maximum atomic E-state index is 13.1. The standard InChI is InChI=1S/C29H27N3O7/c1-5-38-28(37)39-19-13-10-17(11-14-19)24(33)30-22-8-6-7-9-23(22)31-25(34)18-12-15-20-21(16-18)27(36)32(26(20)35)29(2,3)4/h6-16H,5H2,1-4H3,(H,30,33)(H,31,34). The lowest BCUT2D eigenvalue weighted by Gasteiger charge is -2.29. The molecule has 1 aliphatic heterocycles. The van der Waals surface area contributed by atoms with Crippen molar-refractivity contribution in [3.05, 3.63) is 89.0 Å².